The van der Waals surface area contributed by atoms with Crippen molar-refractivity contribution >= 4 is 23.2 Å². The Balaban J connectivity index is 1.90. The summed E-state index contributed by atoms with van der Waals surface area (Å²) < 4.78 is 10.9. The van der Waals surface area contributed by atoms with Crippen LogP contribution in [0.25, 0.3) is 22.8 Å². The minimum absolute atomic E-state index is 0.0537. The molecule has 4 nitrogen and oxygen atoms in total. The quantitative estimate of drug-likeness (QED) is 0.624. The van der Waals surface area contributed by atoms with Crippen LogP contribution in [0.1, 0.15) is 13.8 Å². The van der Waals surface area contributed by atoms with Crippen LogP contribution in [0.3, 0.4) is 0 Å². The molecule has 3 rings (SSSR count). The molecule has 0 bridgehead atoms. The number of nitrogens with zero attached hydrogens (tertiary/aromatic N) is 2. The van der Waals surface area contributed by atoms with Gasteiger partial charge >= 0.3 is 0 Å². The van der Waals surface area contributed by atoms with Crippen molar-refractivity contribution < 1.29 is 9.26 Å². The molecule has 23 heavy (non-hydrogen) atoms. The van der Waals surface area contributed by atoms with Gasteiger partial charge in [-0.2, -0.15) is 4.98 Å². The zero-order valence-electron chi connectivity index (χ0n) is 12.6. The standard InChI is InChI=1S/C17H14Cl2N2O2/c1-10(2)22-15-7-6-11(9-14(15)19)16-20-17(23-21-16)12-4-3-5-13(18)8-12/h3-10H,1-2H3. The average Bonchev–Trinajstić information content (AvgIpc) is 2.99. The molecule has 3 aromatic rings. The van der Waals surface area contributed by atoms with Gasteiger partial charge in [0, 0.05) is 16.1 Å². The Kier molecular flexibility index (Phi) is 4.55. The van der Waals surface area contributed by atoms with Gasteiger partial charge in [-0.15, -0.1) is 0 Å². The van der Waals surface area contributed by atoms with Gasteiger partial charge < -0.3 is 9.26 Å². The lowest BCUT2D eigenvalue weighted by Gasteiger charge is -2.11. The van der Waals surface area contributed by atoms with Crippen LogP contribution in [-0.4, -0.2) is 16.2 Å². The van der Waals surface area contributed by atoms with E-state index in [1.807, 2.05) is 32.0 Å². The van der Waals surface area contributed by atoms with Crippen molar-refractivity contribution in [2.45, 2.75) is 20.0 Å². The molecule has 2 aromatic carbocycles. The Morgan fingerprint density at radius 1 is 1.04 bits per heavy atom. The lowest BCUT2D eigenvalue weighted by molar-refractivity contribution is 0.242. The molecule has 6 heteroatoms. The van der Waals surface area contributed by atoms with E-state index in [1.54, 1.807) is 24.3 Å². The first-order valence-electron chi connectivity index (χ1n) is 7.09. The monoisotopic (exact) mass is 348 g/mol. The summed E-state index contributed by atoms with van der Waals surface area (Å²) in [6.07, 6.45) is 0.0537. The maximum absolute atomic E-state index is 6.24. The number of halogens is 2. The summed E-state index contributed by atoms with van der Waals surface area (Å²) in [7, 11) is 0. The van der Waals surface area contributed by atoms with Crippen molar-refractivity contribution in [3.63, 3.8) is 0 Å². The molecule has 0 spiro atoms. The Morgan fingerprint density at radius 2 is 1.87 bits per heavy atom. The van der Waals surface area contributed by atoms with Gasteiger partial charge in [-0.25, -0.2) is 0 Å². The lowest BCUT2D eigenvalue weighted by Crippen LogP contribution is -2.05. The van der Waals surface area contributed by atoms with E-state index in [0.717, 1.165) is 11.1 Å². The summed E-state index contributed by atoms with van der Waals surface area (Å²) in [6, 6.07) is 12.6. The smallest absolute Gasteiger partial charge is 0.258 e. The predicted octanol–water partition coefficient (Wildman–Crippen LogP) is 5.50. The Hall–Kier alpha value is -2.04. The fourth-order valence-electron chi connectivity index (χ4n) is 2.07. The lowest BCUT2D eigenvalue weighted by atomic mass is 10.2. The minimum Gasteiger partial charge on any atom is -0.489 e. The number of rotatable bonds is 4. The molecule has 0 aliphatic heterocycles. The summed E-state index contributed by atoms with van der Waals surface area (Å²) in [6.45, 7) is 3.89. The summed E-state index contributed by atoms with van der Waals surface area (Å²) in [5.41, 5.74) is 1.52. The van der Waals surface area contributed by atoms with Gasteiger partial charge in [0.05, 0.1) is 11.1 Å². The van der Waals surface area contributed by atoms with Crippen molar-refractivity contribution in [2.24, 2.45) is 0 Å². The van der Waals surface area contributed by atoms with Gasteiger partial charge in [0.1, 0.15) is 5.75 Å². The third-order valence-electron chi connectivity index (χ3n) is 3.05. The molecule has 0 unspecified atom stereocenters. The Bertz CT molecular complexity index is 831. The molecule has 0 amide bonds. The van der Waals surface area contributed by atoms with E-state index in [9.17, 15) is 0 Å². The number of ether oxygens (including phenoxy) is 1. The van der Waals surface area contributed by atoms with Gasteiger partial charge in [-0.05, 0) is 50.2 Å². The second-order valence-corrected chi connectivity index (χ2v) is 6.09. The van der Waals surface area contributed by atoms with Crippen molar-refractivity contribution in [3.05, 3.63) is 52.5 Å². The van der Waals surface area contributed by atoms with E-state index in [-0.39, 0.29) is 6.10 Å². The van der Waals surface area contributed by atoms with Crippen LogP contribution in [0.2, 0.25) is 10.0 Å². The molecule has 0 aliphatic carbocycles. The molecule has 0 aliphatic rings. The first kappa shape index (κ1) is 15.8. The highest BCUT2D eigenvalue weighted by atomic mass is 35.5. The molecule has 0 fully saturated rings. The van der Waals surface area contributed by atoms with Gasteiger partial charge in [0.15, 0.2) is 0 Å². The van der Waals surface area contributed by atoms with E-state index in [1.165, 1.54) is 0 Å². The van der Waals surface area contributed by atoms with E-state index in [0.29, 0.717) is 27.5 Å². The van der Waals surface area contributed by atoms with E-state index in [4.69, 9.17) is 32.5 Å². The first-order valence-corrected chi connectivity index (χ1v) is 7.85. The third-order valence-corrected chi connectivity index (χ3v) is 3.58. The molecule has 1 aromatic heterocycles. The van der Waals surface area contributed by atoms with Crippen molar-refractivity contribution in [2.75, 3.05) is 0 Å². The molecule has 0 atom stereocenters. The first-order chi connectivity index (χ1) is 11.0. The van der Waals surface area contributed by atoms with Crippen molar-refractivity contribution in [3.8, 4) is 28.6 Å². The highest BCUT2D eigenvalue weighted by Crippen LogP contribution is 2.31. The molecular formula is C17H14Cl2N2O2. The summed E-state index contributed by atoms with van der Waals surface area (Å²) >= 11 is 12.2. The van der Waals surface area contributed by atoms with Crippen LogP contribution in [-0.2, 0) is 0 Å². The fourth-order valence-corrected chi connectivity index (χ4v) is 2.48. The second kappa shape index (κ2) is 6.60. The highest BCUT2D eigenvalue weighted by Gasteiger charge is 2.13. The van der Waals surface area contributed by atoms with Crippen LogP contribution < -0.4 is 4.74 Å². The van der Waals surface area contributed by atoms with E-state index < -0.39 is 0 Å². The molecule has 0 saturated heterocycles. The number of benzene rings is 2. The van der Waals surface area contributed by atoms with Gasteiger partial charge in [-0.3, -0.25) is 0 Å². The van der Waals surface area contributed by atoms with Gasteiger partial charge in [0.25, 0.3) is 5.89 Å². The summed E-state index contributed by atoms with van der Waals surface area (Å²) in [5.74, 6) is 1.49. The van der Waals surface area contributed by atoms with Gasteiger partial charge in [-0.1, -0.05) is 34.4 Å². The highest BCUT2D eigenvalue weighted by molar-refractivity contribution is 6.32. The van der Waals surface area contributed by atoms with Crippen molar-refractivity contribution in [1.82, 2.24) is 10.1 Å². The van der Waals surface area contributed by atoms with Crippen LogP contribution >= 0.6 is 23.2 Å². The largest absolute Gasteiger partial charge is 0.489 e. The SMILES string of the molecule is CC(C)Oc1ccc(-c2noc(-c3cccc(Cl)c3)n2)cc1Cl. The van der Waals surface area contributed by atoms with E-state index in [2.05, 4.69) is 10.1 Å². The summed E-state index contributed by atoms with van der Waals surface area (Å²) in [4.78, 5) is 4.39. The molecule has 0 radical (unpaired) electrons. The third kappa shape index (κ3) is 3.66. The van der Waals surface area contributed by atoms with Crippen LogP contribution in [0.4, 0.5) is 0 Å². The van der Waals surface area contributed by atoms with Crippen molar-refractivity contribution in [1.29, 1.82) is 0 Å². The Morgan fingerprint density at radius 3 is 2.57 bits per heavy atom. The van der Waals surface area contributed by atoms with E-state index >= 15 is 0 Å². The molecule has 1 heterocycles. The zero-order chi connectivity index (χ0) is 16.4. The molecule has 118 valence electrons. The summed E-state index contributed by atoms with van der Waals surface area (Å²) in [5, 5.41) is 5.11. The topological polar surface area (TPSA) is 48.2 Å². The van der Waals surface area contributed by atoms with Crippen LogP contribution in [0.5, 0.6) is 5.75 Å². The zero-order valence-corrected chi connectivity index (χ0v) is 14.1. The van der Waals surface area contributed by atoms with Crippen LogP contribution in [0.15, 0.2) is 47.0 Å². The fraction of sp³-hybridized carbons (Fsp3) is 0.176. The normalized spacial score (nSPS) is 11.0. The number of hydrogen-bond donors (Lipinski definition) is 0. The van der Waals surface area contributed by atoms with Crippen LogP contribution in [0, 0.1) is 0 Å². The Labute approximate surface area is 144 Å². The maximum atomic E-state index is 6.24. The number of aromatic nitrogens is 2. The predicted molar refractivity (Wildman–Crippen MR) is 91.0 cm³/mol. The molecule has 0 N–H and O–H groups in total. The molecular weight excluding hydrogens is 335 g/mol. The maximum Gasteiger partial charge on any atom is 0.258 e. The average molecular weight is 349 g/mol. The minimum atomic E-state index is 0.0537. The molecule has 0 saturated carbocycles. The van der Waals surface area contributed by atoms with Gasteiger partial charge in [0.2, 0.25) is 5.82 Å². The number of hydrogen-bond acceptors (Lipinski definition) is 4. The second-order valence-electron chi connectivity index (χ2n) is 5.25.